The summed E-state index contributed by atoms with van der Waals surface area (Å²) in [6.07, 6.45) is 0. The van der Waals surface area contributed by atoms with E-state index in [0.29, 0.717) is 12.2 Å². The first-order valence-corrected chi connectivity index (χ1v) is 7.37. The summed E-state index contributed by atoms with van der Waals surface area (Å²) in [6, 6.07) is 4.32. The zero-order valence-electron chi connectivity index (χ0n) is 11.4. The maximum Gasteiger partial charge on any atom is 0.317 e. The van der Waals surface area contributed by atoms with Crippen molar-refractivity contribution in [2.24, 2.45) is 4.36 Å². The smallest absolute Gasteiger partial charge is 0.317 e. The Balaban J connectivity index is 3.41. The zero-order valence-corrected chi connectivity index (χ0v) is 13.0. The average molecular weight is 330 g/mol. The lowest BCUT2D eigenvalue weighted by molar-refractivity contribution is -0.137. The quantitative estimate of drug-likeness (QED) is 0.761. The molecule has 0 aliphatic rings. The number of thiocarbonyl (C=S) groups is 1. The van der Waals surface area contributed by atoms with Crippen molar-refractivity contribution in [2.45, 2.75) is 12.8 Å². The van der Waals surface area contributed by atoms with Gasteiger partial charge in [-0.15, -0.1) is 4.36 Å². The van der Waals surface area contributed by atoms with Crippen molar-refractivity contribution in [3.05, 3.63) is 23.8 Å². The lowest BCUT2D eigenvalue weighted by atomic mass is 9.98. The highest BCUT2D eigenvalue weighted by atomic mass is 32.2. The lowest BCUT2D eigenvalue weighted by Gasteiger charge is -2.15. The van der Waals surface area contributed by atoms with E-state index < -0.39 is 22.4 Å². The number of ether oxygens (including phenoxy) is 1. The largest absolute Gasteiger partial charge is 0.492 e. The number of benzene rings is 1. The number of nitrogens with one attached hydrogen (secondary N) is 1. The Bertz CT molecular complexity index is 677. The van der Waals surface area contributed by atoms with E-state index >= 15 is 0 Å². The molecule has 0 aliphatic carbocycles. The van der Waals surface area contributed by atoms with Crippen molar-refractivity contribution in [3.8, 4) is 5.75 Å². The molecule has 1 rings (SSSR count). The van der Waals surface area contributed by atoms with Gasteiger partial charge in [-0.3, -0.25) is 4.79 Å². The molecule has 1 aromatic carbocycles. The maximum atomic E-state index is 11.3. The first-order chi connectivity index (χ1) is 9.90. The van der Waals surface area contributed by atoms with Gasteiger partial charge < -0.3 is 15.2 Å². The molecule has 2 N–H and O–H groups in total. The predicted octanol–water partition coefficient (Wildman–Crippen LogP) is 1.49. The van der Waals surface area contributed by atoms with Gasteiger partial charge in [0, 0.05) is 7.05 Å². The Hall–Kier alpha value is -2.00. The molecule has 0 aromatic heterocycles. The van der Waals surface area contributed by atoms with Gasteiger partial charge in [0.25, 0.3) is 0 Å². The van der Waals surface area contributed by atoms with E-state index in [-0.39, 0.29) is 16.4 Å². The molecular formula is C12H14N2O5S2. The molecule has 0 saturated heterocycles. The highest BCUT2D eigenvalue weighted by Crippen LogP contribution is 2.32. The summed E-state index contributed by atoms with van der Waals surface area (Å²) < 4.78 is 30.2. The Morgan fingerprint density at radius 1 is 1.52 bits per heavy atom. The summed E-state index contributed by atoms with van der Waals surface area (Å²) >= 11 is 4.97. The molecule has 0 heterocycles. The van der Waals surface area contributed by atoms with E-state index in [1.54, 1.807) is 6.92 Å². The lowest BCUT2D eigenvalue weighted by Crippen LogP contribution is -2.29. The van der Waals surface area contributed by atoms with Crippen molar-refractivity contribution < 1.29 is 23.1 Å². The maximum absolute atomic E-state index is 11.3. The number of rotatable bonds is 6. The van der Waals surface area contributed by atoms with Gasteiger partial charge in [0.2, 0.25) is 0 Å². The van der Waals surface area contributed by atoms with Crippen LogP contribution in [0.15, 0.2) is 22.6 Å². The molecule has 1 atom stereocenters. The summed E-state index contributed by atoms with van der Waals surface area (Å²) in [5.41, 5.74) is 0.349. The fourth-order valence-corrected chi connectivity index (χ4v) is 2.23. The summed E-state index contributed by atoms with van der Waals surface area (Å²) in [6.45, 7) is 2.06. The number of nitrogens with zero attached hydrogens (tertiary/aromatic N) is 1. The van der Waals surface area contributed by atoms with Crippen molar-refractivity contribution in [1.29, 1.82) is 0 Å². The van der Waals surface area contributed by atoms with Crippen LogP contribution in [-0.2, 0) is 15.3 Å². The van der Waals surface area contributed by atoms with E-state index in [9.17, 15) is 18.3 Å². The molecule has 0 amide bonds. The van der Waals surface area contributed by atoms with Gasteiger partial charge in [0.15, 0.2) is 0 Å². The third-order valence-corrected chi connectivity index (χ3v) is 3.33. The second-order valence-corrected chi connectivity index (χ2v) is 4.91. The highest BCUT2D eigenvalue weighted by Gasteiger charge is 2.25. The van der Waals surface area contributed by atoms with Gasteiger partial charge in [-0.25, -0.2) is 0 Å². The monoisotopic (exact) mass is 330 g/mol. The van der Waals surface area contributed by atoms with Gasteiger partial charge in [-0.05, 0) is 24.6 Å². The van der Waals surface area contributed by atoms with Crippen LogP contribution in [0.1, 0.15) is 18.4 Å². The van der Waals surface area contributed by atoms with Crippen LogP contribution in [0, 0.1) is 0 Å². The van der Waals surface area contributed by atoms with Gasteiger partial charge in [-0.1, -0.05) is 18.3 Å². The van der Waals surface area contributed by atoms with Crippen LogP contribution in [0.3, 0.4) is 0 Å². The number of likely N-dealkylation sites (N-methyl/N-ethyl adjacent to an activating group) is 1. The first kappa shape index (κ1) is 17.1. The number of carboxylic acids is 1. The van der Waals surface area contributed by atoms with Gasteiger partial charge >= 0.3 is 16.5 Å². The number of hydrogen-bond donors (Lipinski definition) is 2. The van der Waals surface area contributed by atoms with Crippen LogP contribution >= 0.6 is 12.2 Å². The van der Waals surface area contributed by atoms with E-state index in [0.717, 1.165) is 0 Å². The van der Waals surface area contributed by atoms with E-state index in [1.807, 2.05) is 0 Å². The van der Waals surface area contributed by atoms with Gasteiger partial charge in [0.05, 0.1) is 11.6 Å². The number of carbonyl (C=O) groups is 1. The minimum atomic E-state index is -2.68. The molecule has 0 aliphatic heterocycles. The molecular weight excluding hydrogens is 316 g/mol. The van der Waals surface area contributed by atoms with Crippen LogP contribution in [-0.4, -0.2) is 38.1 Å². The normalized spacial score (nSPS) is 11.3. The first-order valence-electron chi connectivity index (χ1n) is 5.93. The molecule has 21 heavy (non-hydrogen) atoms. The molecule has 0 bridgehead atoms. The number of aliphatic carboxylic acids is 1. The summed E-state index contributed by atoms with van der Waals surface area (Å²) in [4.78, 5) is 11.4. The topological polar surface area (TPSA) is 105 Å². The van der Waals surface area contributed by atoms with Crippen LogP contribution in [0.4, 0.5) is 5.69 Å². The fourth-order valence-electron chi connectivity index (χ4n) is 1.69. The molecule has 0 radical (unpaired) electrons. The molecule has 7 nitrogen and oxygen atoms in total. The number of hydrogen-bond acceptors (Lipinski definition) is 6. The summed E-state index contributed by atoms with van der Waals surface area (Å²) in [5, 5.41) is 11.9. The van der Waals surface area contributed by atoms with Crippen LogP contribution in [0.25, 0.3) is 0 Å². The Labute approximate surface area is 128 Å². The number of carboxylic acid groups (broad SMARTS) is 1. The SMILES string of the molecule is CCOc1ccc(C(C(=O)O)C(=S)NC)cc1N=S(=O)=O. The van der Waals surface area contributed by atoms with E-state index in [1.165, 1.54) is 25.2 Å². The third-order valence-electron chi connectivity index (χ3n) is 2.54. The molecule has 1 aromatic rings. The molecule has 114 valence electrons. The van der Waals surface area contributed by atoms with Crippen LogP contribution < -0.4 is 10.1 Å². The molecule has 0 saturated carbocycles. The fraction of sp³-hybridized carbons (Fsp3) is 0.333. The Morgan fingerprint density at radius 3 is 2.67 bits per heavy atom. The minimum absolute atomic E-state index is 0.0350. The standard InChI is InChI=1S/C12H14N2O5S2/c1-3-19-9-5-4-7(6-8(9)14-21(17)18)10(12(15)16)11(20)13-2/h4-6,10H,3H2,1-2H3,(H,13,20)(H,15,16). The second kappa shape index (κ2) is 7.70. The molecule has 0 fully saturated rings. The minimum Gasteiger partial charge on any atom is -0.492 e. The van der Waals surface area contributed by atoms with Crippen molar-refractivity contribution >= 4 is 39.4 Å². The Kier molecular flexibility index (Phi) is 6.25. The third kappa shape index (κ3) is 4.50. The van der Waals surface area contributed by atoms with Crippen LogP contribution in [0.2, 0.25) is 0 Å². The van der Waals surface area contributed by atoms with Gasteiger partial charge in [-0.2, -0.15) is 8.42 Å². The van der Waals surface area contributed by atoms with E-state index in [2.05, 4.69) is 9.68 Å². The highest BCUT2D eigenvalue weighted by molar-refractivity contribution is 7.80. The van der Waals surface area contributed by atoms with Crippen molar-refractivity contribution in [3.63, 3.8) is 0 Å². The second-order valence-electron chi connectivity index (χ2n) is 3.85. The Morgan fingerprint density at radius 2 is 2.19 bits per heavy atom. The van der Waals surface area contributed by atoms with Crippen LogP contribution in [0.5, 0.6) is 5.75 Å². The van der Waals surface area contributed by atoms with Crippen molar-refractivity contribution in [1.82, 2.24) is 5.32 Å². The van der Waals surface area contributed by atoms with Crippen molar-refractivity contribution in [2.75, 3.05) is 13.7 Å². The predicted molar refractivity (Wildman–Crippen MR) is 80.7 cm³/mol. The summed E-state index contributed by atoms with van der Waals surface area (Å²) in [5.74, 6) is -1.98. The van der Waals surface area contributed by atoms with E-state index in [4.69, 9.17) is 17.0 Å². The molecule has 1 unspecified atom stereocenters. The summed E-state index contributed by atoms with van der Waals surface area (Å²) in [7, 11) is -1.16. The average Bonchev–Trinajstić information content (AvgIpc) is 2.40. The van der Waals surface area contributed by atoms with Gasteiger partial charge in [0.1, 0.15) is 17.4 Å². The molecule has 0 spiro atoms. The zero-order chi connectivity index (χ0) is 16.0. The molecule has 9 heteroatoms.